The van der Waals surface area contributed by atoms with E-state index in [-0.39, 0.29) is 18.4 Å². The maximum Gasteiger partial charge on any atom is 0.306 e. The number of carbonyl (C=O) groups is 1. The summed E-state index contributed by atoms with van der Waals surface area (Å²) in [5, 5.41) is 16.8. The Hall–Kier alpha value is -0.570. The molecule has 1 aliphatic carbocycles. The summed E-state index contributed by atoms with van der Waals surface area (Å²) >= 11 is 0. The van der Waals surface area contributed by atoms with Crippen LogP contribution in [-0.4, -0.2) is 22.8 Å². The Kier molecular flexibility index (Phi) is 1.71. The van der Waals surface area contributed by atoms with Crippen LogP contribution in [-0.2, 0) is 4.79 Å². The van der Waals surface area contributed by atoms with Crippen molar-refractivity contribution in [2.45, 2.75) is 12.8 Å². The van der Waals surface area contributed by atoms with Gasteiger partial charge in [-0.05, 0) is 18.8 Å². The van der Waals surface area contributed by atoms with E-state index in [2.05, 4.69) is 0 Å². The Bertz CT molecular complexity index is 121. The molecule has 3 nitrogen and oxygen atoms in total. The molecule has 1 unspecified atom stereocenters. The molecule has 0 bridgehead atoms. The summed E-state index contributed by atoms with van der Waals surface area (Å²) in [5.74, 6) is -0.613. The highest BCUT2D eigenvalue weighted by Crippen LogP contribution is 2.40. The average Bonchev–Trinajstić information content (AvgIpc) is 2.47. The lowest BCUT2D eigenvalue weighted by molar-refractivity contribution is -0.138. The quantitative estimate of drug-likeness (QED) is 0.569. The Balaban J connectivity index is 2.17. The summed E-state index contributed by atoms with van der Waals surface area (Å²) in [6.45, 7) is 0.119. The molecule has 0 amide bonds. The normalized spacial score (nSPS) is 32.1. The van der Waals surface area contributed by atoms with Gasteiger partial charge in [-0.15, -0.1) is 0 Å². The molecule has 0 aliphatic heterocycles. The van der Waals surface area contributed by atoms with Crippen molar-refractivity contribution >= 4 is 5.97 Å². The zero-order chi connectivity index (χ0) is 6.85. The van der Waals surface area contributed by atoms with Crippen molar-refractivity contribution in [1.82, 2.24) is 0 Å². The van der Waals surface area contributed by atoms with Crippen molar-refractivity contribution in [2.24, 2.45) is 11.8 Å². The third kappa shape index (κ3) is 1.42. The van der Waals surface area contributed by atoms with Crippen molar-refractivity contribution in [3.63, 3.8) is 0 Å². The molecule has 1 rings (SSSR count). The second kappa shape index (κ2) is 2.35. The van der Waals surface area contributed by atoms with E-state index in [0.29, 0.717) is 6.42 Å². The van der Waals surface area contributed by atoms with Gasteiger partial charge in [0.25, 0.3) is 0 Å². The first-order valence-electron chi connectivity index (χ1n) is 3.09. The number of aliphatic hydroxyl groups excluding tert-OH is 1. The number of hydrogen-bond acceptors (Lipinski definition) is 2. The smallest absolute Gasteiger partial charge is 0.306 e. The molecule has 52 valence electrons. The van der Waals surface area contributed by atoms with E-state index in [1.807, 2.05) is 0 Å². The van der Waals surface area contributed by atoms with E-state index in [1.165, 1.54) is 0 Å². The van der Waals surface area contributed by atoms with Gasteiger partial charge in [0.05, 0.1) is 5.92 Å². The molecule has 0 heterocycles. The maximum absolute atomic E-state index is 10.2. The molecular weight excluding hydrogens is 120 g/mol. The fourth-order valence-electron chi connectivity index (χ4n) is 1.03. The van der Waals surface area contributed by atoms with Crippen molar-refractivity contribution < 1.29 is 15.0 Å². The minimum Gasteiger partial charge on any atom is -0.481 e. The van der Waals surface area contributed by atoms with Gasteiger partial charge in [-0.1, -0.05) is 0 Å². The Morgan fingerprint density at radius 2 is 2.33 bits per heavy atom. The van der Waals surface area contributed by atoms with Crippen molar-refractivity contribution in [3.05, 3.63) is 0 Å². The fraction of sp³-hybridized carbons (Fsp3) is 0.833. The molecule has 0 saturated heterocycles. The zero-order valence-electron chi connectivity index (χ0n) is 5.08. The first-order valence-corrected chi connectivity index (χ1v) is 3.09. The van der Waals surface area contributed by atoms with Crippen LogP contribution in [0.25, 0.3) is 0 Å². The lowest BCUT2D eigenvalue weighted by Crippen LogP contribution is -2.00. The lowest BCUT2D eigenvalue weighted by Gasteiger charge is -1.88. The molecule has 3 heteroatoms. The van der Waals surface area contributed by atoms with Gasteiger partial charge in [0, 0.05) is 6.61 Å². The highest BCUT2D eigenvalue weighted by atomic mass is 16.4. The third-order valence-electron chi connectivity index (χ3n) is 1.74. The average molecular weight is 130 g/mol. The van der Waals surface area contributed by atoms with E-state index in [0.717, 1.165) is 6.42 Å². The molecule has 1 saturated carbocycles. The van der Waals surface area contributed by atoms with Crippen LogP contribution in [0.1, 0.15) is 12.8 Å². The molecule has 1 aliphatic rings. The second-order valence-electron chi connectivity index (χ2n) is 2.45. The van der Waals surface area contributed by atoms with Crippen LogP contribution >= 0.6 is 0 Å². The lowest BCUT2D eigenvalue weighted by atomic mass is 10.2. The Morgan fingerprint density at radius 3 is 2.67 bits per heavy atom. The van der Waals surface area contributed by atoms with Crippen molar-refractivity contribution in [2.75, 3.05) is 6.61 Å². The summed E-state index contributed by atoms with van der Waals surface area (Å²) in [7, 11) is 0. The second-order valence-corrected chi connectivity index (χ2v) is 2.45. The van der Waals surface area contributed by atoms with Crippen LogP contribution in [0.3, 0.4) is 0 Å². The predicted octanol–water partition coefficient (Wildman–Crippen LogP) is 0.0895. The minimum atomic E-state index is -0.714. The van der Waals surface area contributed by atoms with Crippen LogP contribution in [0.5, 0.6) is 0 Å². The predicted molar refractivity (Wildman–Crippen MR) is 30.9 cm³/mol. The van der Waals surface area contributed by atoms with Gasteiger partial charge < -0.3 is 10.2 Å². The standard InChI is InChI=1S/C6H10O3/c7-2-1-4-3-5(4)6(8)9/h4-5,7H,1-3H2,(H,8,9)/t4?,5-/m1/s1. The summed E-state index contributed by atoms with van der Waals surface area (Å²) in [4.78, 5) is 10.2. The van der Waals surface area contributed by atoms with Gasteiger partial charge in [0.2, 0.25) is 0 Å². The topological polar surface area (TPSA) is 57.5 Å². The van der Waals surface area contributed by atoms with Gasteiger partial charge in [0.1, 0.15) is 0 Å². The molecule has 2 atom stereocenters. The van der Waals surface area contributed by atoms with Crippen LogP contribution in [0.4, 0.5) is 0 Å². The number of aliphatic carboxylic acids is 1. The molecule has 0 spiro atoms. The zero-order valence-corrected chi connectivity index (χ0v) is 5.08. The molecule has 0 aromatic carbocycles. The van der Waals surface area contributed by atoms with Crippen LogP contribution < -0.4 is 0 Å². The number of carboxylic acid groups (broad SMARTS) is 1. The number of aliphatic hydroxyl groups is 1. The largest absolute Gasteiger partial charge is 0.481 e. The van der Waals surface area contributed by atoms with Crippen LogP contribution in [0.2, 0.25) is 0 Å². The number of hydrogen-bond donors (Lipinski definition) is 2. The highest BCUT2D eigenvalue weighted by Gasteiger charge is 2.42. The van der Waals surface area contributed by atoms with Gasteiger partial charge >= 0.3 is 5.97 Å². The highest BCUT2D eigenvalue weighted by molar-refractivity contribution is 5.73. The van der Waals surface area contributed by atoms with Crippen LogP contribution in [0.15, 0.2) is 0 Å². The van der Waals surface area contributed by atoms with E-state index in [9.17, 15) is 4.79 Å². The molecule has 2 N–H and O–H groups in total. The first kappa shape index (κ1) is 6.55. The van der Waals surface area contributed by atoms with Gasteiger partial charge in [-0.2, -0.15) is 0 Å². The van der Waals surface area contributed by atoms with E-state index >= 15 is 0 Å². The fourth-order valence-corrected chi connectivity index (χ4v) is 1.03. The molecule has 0 aromatic rings. The third-order valence-corrected chi connectivity index (χ3v) is 1.74. The van der Waals surface area contributed by atoms with E-state index < -0.39 is 5.97 Å². The summed E-state index contributed by atoms with van der Waals surface area (Å²) in [5.41, 5.74) is 0. The minimum absolute atomic E-state index is 0.119. The van der Waals surface area contributed by atoms with Crippen molar-refractivity contribution in [3.8, 4) is 0 Å². The summed E-state index contributed by atoms with van der Waals surface area (Å²) in [6.07, 6.45) is 1.41. The van der Waals surface area contributed by atoms with Crippen LogP contribution in [0, 0.1) is 11.8 Å². The number of carboxylic acids is 1. The molecule has 9 heavy (non-hydrogen) atoms. The van der Waals surface area contributed by atoms with E-state index in [4.69, 9.17) is 10.2 Å². The first-order chi connectivity index (χ1) is 4.25. The maximum atomic E-state index is 10.2. The molecule has 0 radical (unpaired) electrons. The van der Waals surface area contributed by atoms with Crippen molar-refractivity contribution in [1.29, 1.82) is 0 Å². The molecule has 1 fully saturated rings. The Morgan fingerprint density at radius 1 is 1.67 bits per heavy atom. The van der Waals surface area contributed by atoms with Gasteiger partial charge in [0.15, 0.2) is 0 Å². The summed E-state index contributed by atoms with van der Waals surface area (Å²) in [6, 6.07) is 0. The van der Waals surface area contributed by atoms with Gasteiger partial charge in [-0.3, -0.25) is 4.79 Å². The van der Waals surface area contributed by atoms with Gasteiger partial charge in [-0.25, -0.2) is 0 Å². The molecular formula is C6H10O3. The monoisotopic (exact) mass is 130 g/mol. The number of rotatable bonds is 3. The SMILES string of the molecule is O=C(O)[C@@H]1CC1CCO. The van der Waals surface area contributed by atoms with E-state index in [1.54, 1.807) is 0 Å². The Labute approximate surface area is 53.3 Å². The molecule has 0 aromatic heterocycles. The summed E-state index contributed by atoms with van der Waals surface area (Å²) < 4.78 is 0.